The predicted molar refractivity (Wildman–Crippen MR) is 193 cm³/mol. The van der Waals surface area contributed by atoms with Gasteiger partial charge in [0.25, 0.3) is 0 Å². The molecule has 0 saturated heterocycles. The van der Waals surface area contributed by atoms with Crippen molar-refractivity contribution in [3.8, 4) is 23.0 Å². The summed E-state index contributed by atoms with van der Waals surface area (Å²) < 4.78 is 161. The summed E-state index contributed by atoms with van der Waals surface area (Å²) in [6.07, 6.45) is 0. The molecule has 0 heterocycles. The molecule has 0 aromatic heterocycles. The maximum absolute atomic E-state index is 11.2. The maximum Gasteiger partial charge on any atom is 0.445 e. The van der Waals surface area contributed by atoms with Gasteiger partial charge in [0, 0.05) is 15.5 Å². The monoisotopic (exact) mass is 932 g/mol. The van der Waals surface area contributed by atoms with E-state index in [4.69, 9.17) is 32.3 Å². The van der Waals surface area contributed by atoms with Gasteiger partial charge in [0.15, 0.2) is 0 Å². The minimum atomic E-state index is -5.75. The average Bonchev–Trinajstić information content (AvgIpc) is 3.02. The molecular formula is C27H26Cl2O20S6. The first-order chi connectivity index (χ1) is 24.9. The van der Waals surface area contributed by atoms with Gasteiger partial charge in [-0.05, 0) is 83.9 Å². The van der Waals surface area contributed by atoms with Crippen LogP contribution in [0.2, 0.25) is 10.0 Å². The van der Waals surface area contributed by atoms with E-state index in [9.17, 15) is 60.7 Å². The van der Waals surface area contributed by atoms with Crippen LogP contribution in [0.5, 0.6) is 23.0 Å². The largest absolute Gasteiger partial charge is 0.508 e. The highest BCUT2D eigenvalue weighted by Crippen LogP contribution is 2.33. The van der Waals surface area contributed by atoms with Gasteiger partial charge in [-0.15, -0.1) is 7.26 Å². The summed E-state index contributed by atoms with van der Waals surface area (Å²) in [4.78, 5) is 0. The van der Waals surface area contributed by atoms with Gasteiger partial charge in [0.1, 0.15) is 23.0 Å². The van der Waals surface area contributed by atoms with Gasteiger partial charge < -0.3 is 18.6 Å². The van der Waals surface area contributed by atoms with Crippen molar-refractivity contribution >= 4 is 80.6 Å². The Labute approximate surface area is 324 Å². The number of halogens is 2. The van der Waals surface area contributed by atoms with E-state index in [2.05, 4.69) is 29.5 Å². The third-order valence-electron chi connectivity index (χ3n) is 6.04. The number of benzene rings is 4. The number of phenols is 2. The van der Waals surface area contributed by atoms with Crippen molar-refractivity contribution in [3.05, 3.63) is 118 Å². The van der Waals surface area contributed by atoms with Crippen molar-refractivity contribution in [2.45, 2.75) is 19.3 Å². The molecule has 0 atom stereocenters. The van der Waals surface area contributed by atoms with E-state index in [1.54, 1.807) is 24.3 Å². The summed E-state index contributed by atoms with van der Waals surface area (Å²) in [5.74, 6) is -0.357. The fraction of sp³-hybridized carbons (Fsp3) is 0.111. The molecular weight excluding hydrogens is 908 g/mol. The Morgan fingerprint density at radius 2 is 0.691 bits per heavy atom. The van der Waals surface area contributed by atoms with Crippen LogP contribution in [0.3, 0.4) is 0 Å². The van der Waals surface area contributed by atoms with Crippen LogP contribution in [0.25, 0.3) is 0 Å². The van der Waals surface area contributed by atoms with Gasteiger partial charge in [-0.25, -0.2) is 0 Å². The standard InChI is InChI=1S/C15H16O2.2C6H5ClO9S3/c1-15(2,11-3-7-13(16)8-4-11)12-5-9-14(17)10-6-12;2*7-5-1-3-6(4-2-5)15-18(11,12)19(13,14)16-17(8,9)10/h3-10,16-17H,1-2H3;2*1-4H,(H,8,9,10). The molecule has 0 bridgehead atoms. The van der Waals surface area contributed by atoms with Crippen molar-refractivity contribution in [1.29, 1.82) is 0 Å². The van der Waals surface area contributed by atoms with E-state index in [1.807, 2.05) is 24.3 Å². The lowest BCUT2D eigenvalue weighted by Crippen LogP contribution is -2.25. The zero-order valence-corrected chi connectivity index (χ0v) is 33.7. The summed E-state index contributed by atoms with van der Waals surface area (Å²) in [6.45, 7) is 4.23. The Bertz CT molecular complexity index is 2430. The van der Waals surface area contributed by atoms with Crippen LogP contribution in [-0.4, -0.2) is 69.8 Å². The van der Waals surface area contributed by atoms with Crippen LogP contribution in [0.4, 0.5) is 0 Å². The minimum Gasteiger partial charge on any atom is -0.508 e. The third-order valence-corrected chi connectivity index (χ3v) is 15.5. The molecule has 0 amide bonds. The van der Waals surface area contributed by atoms with Crippen LogP contribution in [0.1, 0.15) is 25.0 Å². The Morgan fingerprint density at radius 1 is 0.436 bits per heavy atom. The lowest BCUT2D eigenvalue weighted by atomic mass is 9.78. The van der Waals surface area contributed by atoms with Crippen molar-refractivity contribution in [2.75, 3.05) is 0 Å². The number of hydrogen-bond donors (Lipinski definition) is 4. The normalized spacial score (nSPS) is 12.6. The molecule has 4 rings (SSSR count). The molecule has 20 nitrogen and oxygen atoms in total. The molecule has 0 spiro atoms. The second kappa shape index (κ2) is 18.0. The van der Waals surface area contributed by atoms with Crippen molar-refractivity contribution < 1.29 is 85.5 Å². The molecule has 4 N–H and O–H groups in total. The van der Waals surface area contributed by atoms with Gasteiger partial charge >= 0.3 is 57.4 Å². The van der Waals surface area contributed by atoms with E-state index in [-0.39, 0.29) is 27.0 Å². The highest BCUT2D eigenvalue weighted by atomic mass is 35.5. The van der Waals surface area contributed by atoms with E-state index in [0.29, 0.717) is 0 Å². The quantitative estimate of drug-likeness (QED) is 0.116. The minimum absolute atomic E-state index is 0.151. The lowest BCUT2D eigenvalue weighted by Gasteiger charge is -2.26. The molecule has 0 aliphatic carbocycles. The lowest BCUT2D eigenvalue weighted by molar-refractivity contribution is 0.382. The number of rotatable bonds is 12. The van der Waals surface area contributed by atoms with E-state index < -0.39 is 68.9 Å². The van der Waals surface area contributed by atoms with Crippen LogP contribution >= 0.6 is 23.2 Å². The molecule has 0 fully saturated rings. The highest BCUT2D eigenvalue weighted by Gasteiger charge is 2.39. The fourth-order valence-electron chi connectivity index (χ4n) is 3.50. The smallest absolute Gasteiger partial charge is 0.445 e. The molecule has 4 aromatic carbocycles. The molecule has 0 unspecified atom stereocenters. The molecule has 0 aliphatic heterocycles. The Hall–Kier alpha value is -3.80. The predicted octanol–water partition coefficient (Wildman–Crippen LogP) is 3.65. The van der Waals surface area contributed by atoms with Gasteiger partial charge in [-0.3, -0.25) is 9.11 Å². The van der Waals surface area contributed by atoms with Crippen LogP contribution < -0.4 is 8.37 Å². The van der Waals surface area contributed by atoms with Gasteiger partial charge in [0.2, 0.25) is 0 Å². The zero-order chi connectivity index (χ0) is 42.3. The molecule has 0 radical (unpaired) electrons. The first-order valence-electron chi connectivity index (χ1n) is 13.7. The van der Waals surface area contributed by atoms with Crippen LogP contribution in [0.15, 0.2) is 97.1 Å². The summed E-state index contributed by atoms with van der Waals surface area (Å²) in [5.41, 5.74) is 2.10. The topological polar surface area (TPSA) is 323 Å². The molecule has 4 aromatic rings. The SMILES string of the molecule is CC(C)(c1ccc(O)cc1)c1ccc(O)cc1.O=S(=O)(O)OS(=O)(=O)S(=O)(=O)Oc1ccc(Cl)cc1.O=S(=O)(O)OS(=O)(=O)S(=O)(=O)Oc1ccc(Cl)cc1. The molecule has 55 heavy (non-hydrogen) atoms. The summed E-state index contributed by atoms with van der Waals surface area (Å²) >= 11 is 11.0. The van der Waals surface area contributed by atoms with E-state index in [1.165, 1.54) is 24.3 Å². The first kappa shape index (κ1) is 47.4. The molecule has 304 valence electrons. The first-order valence-corrected chi connectivity index (χ1v) is 23.9. The zero-order valence-electron chi connectivity index (χ0n) is 27.3. The summed E-state index contributed by atoms with van der Waals surface area (Å²) in [7, 11) is -33.5. The second-order valence-electron chi connectivity index (χ2n) is 10.4. The number of aromatic hydroxyl groups is 2. The number of hydrogen-bond acceptors (Lipinski definition) is 18. The average molecular weight is 934 g/mol. The van der Waals surface area contributed by atoms with Crippen LogP contribution in [0, 0.1) is 0 Å². The van der Waals surface area contributed by atoms with E-state index >= 15 is 0 Å². The third kappa shape index (κ3) is 15.0. The molecule has 0 saturated carbocycles. The second-order valence-corrected chi connectivity index (χ2v) is 22.6. The van der Waals surface area contributed by atoms with Crippen molar-refractivity contribution in [1.82, 2.24) is 0 Å². The molecule has 0 aliphatic rings. The Balaban J connectivity index is 0.000000285. The van der Waals surface area contributed by atoms with Gasteiger partial charge in [-0.1, -0.05) is 61.3 Å². The van der Waals surface area contributed by atoms with Gasteiger partial charge in [0.05, 0.1) is 0 Å². The van der Waals surface area contributed by atoms with Crippen LogP contribution in [-0.2, 0) is 70.1 Å². The van der Waals surface area contributed by atoms with E-state index in [0.717, 1.165) is 35.4 Å². The Kier molecular flexibility index (Phi) is 15.5. The fourth-order valence-corrected chi connectivity index (χ4v) is 10.3. The summed E-state index contributed by atoms with van der Waals surface area (Å²) in [6, 6.07) is 23.3. The molecule has 28 heteroatoms. The van der Waals surface area contributed by atoms with Crippen molar-refractivity contribution in [3.63, 3.8) is 0 Å². The van der Waals surface area contributed by atoms with Gasteiger partial charge in [-0.2, -0.15) is 50.5 Å². The highest BCUT2D eigenvalue weighted by molar-refractivity contribution is 8.64. The maximum atomic E-state index is 11.2. The Morgan fingerprint density at radius 3 is 0.927 bits per heavy atom. The van der Waals surface area contributed by atoms with Crippen molar-refractivity contribution in [2.24, 2.45) is 0 Å². The number of phenolic OH excluding ortho intramolecular Hbond substituents is 2. The summed E-state index contributed by atoms with van der Waals surface area (Å²) in [5, 5.41) is 19.0.